The Morgan fingerprint density at radius 2 is 2.23 bits per heavy atom. The van der Waals surface area contributed by atoms with Gasteiger partial charge in [0.2, 0.25) is 5.91 Å². The van der Waals surface area contributed by atoms with Crippen molar-refractivity contribution in [1.82, 2.24) is 10.2 Å². The summed E-state index contributed by atoms with van der Waals surface area (Å²) >= 11 is 0. The minimum Gasteiger partial charge on any atom is -0.344 e. The maximum absolute atomic E-state index is 12.0. The molecule has 3 nitrogen and oxygen atoms in total. The van der Waals surface area contributed by atoms with Crippen LogP contribution in [0.3, 0.4) is 0 Å². The number of hydrogen-bond donors (Lipinski definition) is 1. The molecule has 1 rings (SSSR count). The SMILES string of the molecule is CCN(C)C(=O)C1(CC)CCCN1. The quantitative estimate of drug-likeness (QED) is 0.709. The van der Waals surface area contributed by atoms with Gasteiger partial charge in [-0.1, -0.05) is 6.92 Å². The van der Waals surface area contributed by atoms with E-state index in [0.29, 0.717) is 0 Å². The highest BCUT2D eigenvalue weighted by molar-refractivity contribution is 5.86. The number of carbonyl (C=O) groups excluding carboxylic acids is 1. The van der Waals surface area contributed by atoms with E-state index in [1.165, 1.54) is 0 Å². The van der Waals surface area contributed by atoms with Crippen molar-refractivity contribution < 1.29 is 4.79 Å². The first-order valence-electron chi connectivity index (χ1n) is 5.17. The van der Waals surface area contributed by atoms with Crippen LogP contribution in [0, 0.1) is 0 Å². The van der Waals surface area contributed by atoms with E-state index in [9.17, 15) is 4.79 Å². The lowest BCUT2D eigenvalue weighted by atomic mass is 9.92. The van der Waals surface area contributed by atoms with Crippen molar-refractivity contribution in [2.45, 2.75) is 38.6 Å². The molecule has 0 aromatic carbocycles. The average Bonchev–Trinajstić information content (AvgIpc) is 2.65. The van der Waals surface area contributed by atoms with Crippen LogP contribution < -0.4 is 5.32 Å². The smallest absolute Gasteiger partial charge is 0.242 e. The summed E-state index contributed by atoms with van der Waals surface area (Å²) in [7, 11) is 1.87. The van der Waals surface area contributed by atoms with Crippen LogP contribution >= 0.6 is 0 Å². The van der Waals surface area contributed by atoms with Crippen molar-refractivity contribution in [2.24, 2.45) is 0 Å². The Balaban J connectivity index is 2.70. The number of nitrogens with one attached hydrogen (secondary N) is 1. The van der Waals surface area contributed by atoms with Crippen LogP contribution in [-0.2, 0) is 4.79 Å². The van der Waals surface area contributed by atoms with E-state index in [0.717, 1.165) is 32.4 Å². The largest absolute Gasteiger partial charge is 0.344 e. The van der Waals surface area contributed by atoms with Gasteiger partial charge in [0, 0.05) is 13.6 Å². The summed E-state index contributed by atoms with van der Waals surface area (Å²) in [5.74, 6) is 0.259. The maximum Gasteiger partial charge on any atom is 0.242 e. The van der Waals surface area contributed by atoms with Gasteiger partial charge in [-0.2, -0.15) is 0 Å². The molecule has 1 atom stereocenters. The molecule has 1 fully saturated rings. The number of nitrogens with zero attached hydrogens (tertiary/aromatic N) is 1. The van der Waals surface area contributed by atoms with E-state index >= 15 is 0 Å². The lowest BCUT2D eigenvalue weighted by Crippen LogP contribution is -2.53. The molecular formula is C10H20N2O. The minimum absolute atomic E-state index is 0.245. The molecule has 1 amide bonds. The summed E-state index contributed by atoms with van der Waals surface area (Å²) in [6.07, 6.45) is 3.01. The van der Waals surface area contributed by atoms with E-state index in [4.69, 9.17) is 0 Å². The van der Waals surface area contributed by atoms with Gasteiger partial charge in [-0.25, -0.2) is 0 Å². The Morgan fingerprint density at radius 3 is 2.62 bits per heavy atom. The summed E-state index contributed by atoms with van der Waals surface area (Å²) in [5.41, 5.74) is -0.245. The molecule has 1 aliphatic heterocycles. The molecule has 1 N–H and O–H groups in total. The number of rotatable bonds is 3. The molecule has 0 aromatic heterocycles. The highest BCUT2D eigenvalue weighted by Crippen LogP contribution is 2.24. The monoisotopic (exact) mass is 184 g/mol. The van der Waals surface area contributed by atoms with E-state index in [1.807, 2.05) is 18.9 Å². The molecule has 76 valence electrons. The second-order valence-corrected chi connectivity index (χ2v) is 3.79. The lowest BCUT2D eigenvalue weighted by Gasteiger charge is -2.31. The topological polar surface area (TPSA) is 32.3 Å². The summed E-state index contributed by atoms with van der Waals surface area (Å²) in [6.45, 7) is 5.87. The van der Waals surface area contributed by atoms with Crippen LogP contribution in [0.15, 0.2) is 0 Å². The fourth-order valence-electron chi connectivity index (χ4n) is 1.95. The van der Waals surface area contributed by atoms with E-state index in [1.54, 1.807) is 0 Å². The van der Waals surface area contributed by atoms with Gasteiger partial charge in [-0.15, -0.1) is 0 Å². The second-order valence-electron chi connectivity index (χ2n) is 3.79. The Labute approximate surface area is 80.5 Å². The Kier molecular flexibility index (Phi) is 3.31. The van der Waals surface area contributed by atoms with Gasteiger partial charge >= 0.3 is 0 Å². The molecule has 0 bridgehead atoms. The Bertz CT molecular complexity index is 185. The zero-order valence-corrected chi connectivity index (χ0v) is 8.89. The highest BCUT2D eigenvalue weighted by atomic mass is 16.2. The van der Waals surface area contributed by atoms with Crippen molar-refractivity contribution >= 4 is 5.91 Å². The van der Waals surface area contributed by atoms with Crippen molar-refractivity contribution in [2.75, 3.05) is 20.1 Å². The van der Waals surface area contributed by atoms with E-state index in [2.05, 4.69) is 12.2 Å². The third-order valence-electron chi connectivity index (χ3n) is 3.08. The van der Waals surface area contributed by atoms with Crippen LogP contribution in [0.2, 0.25) is 0 Å². The number of amides is 1. The summed E-state index contributed by atoms with van der Waals surface area (Å²) in [4.78, 5) is 13.8. The first-order valence-corrected chi connectivity index (χ1v) is 5.17. The first kappa shape index (κ1) is 10.5. The normalized spacial score (nSPS) is 27.6. The number of likely N-dealkylation sites (N-methyl/N-ethyl adjacent to an activating group) is 1. The Morgan fingerprint density at radius 1 is 1.54 bits per heavy atom. The standard InChI is InChI=1S/C10H20N2O/c1-4-10(7-6-8-11-10)9(13)12(3)5-2/h11H,4-8H2,1-3H3. The van der Waals surface area contributed by atoms with Crippen molar-refractivity contribution in [1.29, 1.82) is 0 Å². The molecule has 0 spiro atoms. The first-order chi connectivity index (χ1) is 6.16. The van der Waals surface area contributed by atoms with Crippen molar-refractivity contribution in [3.8, 4) is 0 Å². The fraction of sp³-hybridized carbons (Fsp3) is 0.900. The molecule has 13 heavy (non-hydrogen) atoms. The summed E-state index contributed by atoms with van der Waals surface area (Å²) in [5, 5.41) is 3.34. The number of hydrogen-bond acceptors (Lipinski definition) is 2. The Hall–Kier alpha value is -0.570. The molecule has 0 saturated carbocycles. The molecule has 1 saturated heterocycles. The maximum atomic E-state index is 12.0. The van der Waals surface area contributed by atoms with Gasteiger partial charge in [0.1, 0.15) is 0 Å². The van der Waals surface area contributed by atoms with Crippen LogP contribution in [-0.4, -0.2) is 36.5 Å². The summed E-state index contributed by atoms with van der Waals surface area (Å²) < 4.78 is 0. The highest BCUT2D eigenvalue weighted by Gasteiger charge is 2.40. The van der Waals surface area contributed by atoms with Gasteiger partial charge in [0.25, 0.3) is 0 Å². The molecule has 1 aliphatic rings. The molecule has 0 aromatic rings. The van der Waals surface area contributed by atoms with Crippen LogP contribution in [0.5, 0.6) is 0 Å². The van der Waals surface area contributed by atoms with Crippen molar-refractivity contribution in [3.05, 3.63) is 0 Å². The molecule has 3 heteroatoms. The number of carbonyl (C=O) groups is 1. The minimum atomic E-state index is -0.245. The van der Waals surface area contributed by atoms with Crippen LogP contribution in [0.25, 0.3) is 0 Å². The lowest BCUT2D eigenvalue weighted by molar-refractivity contribution is -0.136. The van der Waals surface area contributed by atoms with Gasteiger partial charge in [-0.05, 0) is 32.7 Å². The predicted octanol–water partition coefficient (Wildman–Crippen LogP) is 0.997. The van der Waals surface area contributed by atoms with Gasteiger partial charge in [0.15, 0.2) is 0 Å². The van der Waals surface area contributed by atoms with Gasteiger partial charge in [0.05, 0.1) is 5.54 Å². The second kappa shape index (κ2) is 4.09. The third-order valence-corrected chi connectivity index (χ3v) is 3.08. The zero-order chi connectivity index (χ0) is 9.90. The molecular weight excluding hydrogens is 164 g/mol. The van der Waals surface area contributed by atoms with Gasteiger partial charge in [-0.3, -0.25) is 4.79 Å². The predicted molar refractivity (Wildman–Crippen MR) is 53.6 cm³/mol. The van der Waals surface area contributed by atoms with E-state index in [-0.39, 0.29) is 11.4 Å². The molecule has 0 radical (unpaired) electrons. The van der Waals surface area contributed by atoms with Gasteiger partial charge < -0.3 is 10.2 Å². The van der Waals surface area contributed by atoms with Crippen LogP contribution in [0.4, 0.5) is 0 Å². The molecule has 1 heterocycles. The van der Waals surface area contributed by atoms with E-state index < -0.39 is 0 Å². The zero-order valence-electron chi connectivity index (χ0n) is 8.89. The van der Waals surface area contributed by atoms with Crippen LogP contribution in [0.1, 0.15) is 33.1 Å². The summed E-state index contributed by atoms with van der Waals surface area (Å²) in [6, 6.07) is 0. The third kappa shape index (κ3) is 1.85. The molecule has 1 unspecified atom stereocenters. The average molecular weight is 184 g/mol. The van der Waals surface area contributed by atoms with Crippen molar-refractivity contribution in [3.63, 3.8) is 0 Å². The molecule has 0 aliphatic carbocycles. The fourth-order valence-corrected chi connectivity index (χ4v) is 1.95.